The van der Waals surface area contributed by atoms with Crippen molar-refractivity contribution in [3.63, 3.8) is 0 Å². The molecule has 0 unspecified atom stereocenters. The van der Waals surface area contributed by atoms with Crippen LogP contribution in [0.3, 0.4) is 0 Å². The van der Waals surface area contributed by atoms with Crippen molar-refractivity contribution >= 4 is 30.3 Å². The van der Waals surface area contributed by atoms with Crippen molar-refractivity contribution in [1.82, 2.24) is 0 Å². The second-order valence-corrected chi connectivity index (χ2v) is 16.9. The zero-order valence-corrected chi connectivity index (χ0v) is 21.8. The quantitative estimate of drug-likeness (QED) is 0.272. The molecule has 0 saturated heterocycles. The number of benzene rings is 2. The van der Waals surface area contributed by atoms with E-state index in [-0.39, 0.29) is 15.9 Å². The molecule has 5 nitrogen and oxygen atoms in total. The largest absolute Gasteiger partial charge is 0.417 e. The standard InChI is InChI=1S/C25H35NO4SSi/c1-19-12-14-22(15-13-19)31(28,29)26-17-20(24-21(18-27)9-7-11-23(24)26)10-8-16-30-32(5,6)25(2,3)4/h7,9,11-15,18,20H,8,10,16-17H2,1-6H3/t20-/m0/s1. The van der Waals surface area contributed by atoms with Gasteiger partial charge in [-0.1, -0.05) is 50.6 Å². The third-order valence-electron chi connectivity index (χ3n) is 6.88. The first-order valence-corrected chi connectivity index (χ1v) is 15.5. The van der Waals surface area contributed by atoms with E-state index in [1.54, 1.807) is 42.5 Å². The molecule has 0 radical (unpaired) electrons. The lowest BCUT2D eigenvalue weighted by molar-refractivity contribution is 0.112. The van der Waals surface area contributed by atoms with E-state index in [1.165, 1.54) is 4.31 Å². The Bertz CT molecular complexity index is 1070. The van der Waals surface area contributed by atoms with Crippen LogP contribution in [0.25, 0.3) is 0 Å². The molecule has 32 heavy (non-hydrogen) atoms. The molecule has 2 aromatic rings. The van der Waals surface area contributed by atoms with Gasteiger partial charge in [0.25, 0.3) is 10.0 Å². The number of hydrogen-bond acceptors (Lipinski definition) is 4. The van der Waals surface area contributed by atoms with E-state index in [2.05, 4.69) is 33.9 Å². The first-order valence-electron chi connectivity index (χ1n) is 11.2. The third kappa shape index (κ3) is 4.85. The summed E-state index contributed by atoms with van der Waals surface area (Å²) in [5, 5.41) is 0.149. The molecule has 0 fully saturated rings. The van der Waals surface area contributed by atoms with E-state index >= 15 is 0 Å². The summed E-state index contributed by atoms with van der Waals surface area (Å²) >= 11 is 0. The number of rotatable bonds is 8. The number of hydrogen-bond donors (Lipinski definition) is 0. The number of carbonyl (C=O) groups is 1. The van der Waals surface area contributed by atoms with Crippen molar-refractivity contribution in [3.05, 3.63) is 59.2 Å². The molecule has 0 spiro atoms. The molecule has 3 rings (SSSR count). The monoisotopic (exact) mass is 473 g/mol. The van der Waals surface area contributed by atoms with E-state index in [1.807, 2.05) is 6.92 Å². The number of anilines is 1. The van der Waals surface area contributed by atoms with Gasteiger partial charge in [0.15, 0.2) is 8.32 Å². The summed E-state index contributed by atoms with van der Waals surface area (Å²) in [7, 11) is -5.53. The Labute approximate surface area is 194 Å². The van der Waals surface area contributed by atoms with Crippen molar-refractivity contribution in [2.75, 3.05) is 17.5 Å². The van der Waals surface area contributed by atoms with Crippen LogP contribution >= 0.6 is 0 Å². The fourth-order valence-corrected chi connectivity index (χ4v) is 6.52. The summed E-state index contributed by atoms with van der Waals surface area (Å²) in [6.07, 6.45) is 2.43. The van der Waals surface area contributed by atoms with Crippen LogP contribution in [-0.4, -0.2) is 36.2 Å². The van der Waals surface area contributed by atoms with Crippen LogP contribution in [0.5, 0.6) is 0 Å². The van der Waals surface area contributed by atoms with Gasteiger partial charge in [-0.3, -0.25) is 9.10 Å². The highest BCUT2D eigenvalue weighted by molar-refractivity contribution is 7.92. The van der Waals surface area contributed by atoms with Gasteiger partial charge >= 0.3 is 0 Å². The maximum Gasteiger partial charge on any atom is 0.264 e. The topological polar surface area (TPSA) is 63.7 Å². The average molecular weight is 474 g/mol. The molecule has 0 aromatic heterocycles. The fraction of sp³-hybridized carbons (Fsp3) is 0.480. The molecule has 7 heteroatoms. The summed E-state index contributed by atoms with van der Waals surface area (Å²) < 4.78 is 34.7. The summed E-state index contributed by atoms with van der Waals surface area (Å²) in [4.78, 5) is 12.0. The number of sulfonamides is 1. The van der Waals surface area contributed by atoms with Crippen molar-refractivity contribution in [2.45, 2.75) is 69.5 Å². The number of carbonyl (C=O) groups excluding carboxylic acids is 1. The van der Waals surface area contributed by atoms with Crippen LogP contribution in [0.1, 0.15) is 61.0 Å². The minimum Gasteiger partial charge on any atom is -0.417 e. The lowest BCUT2D eigenvalue weighted by Gasteiger charge is -2.36. The van der Waals surface area contributed by atoms with Gasteiger partial charge in [0.1, 0.15) is 6.29 Å². The fourth-order valence-electron chi connectivity index (χ4n) is 3.90. The first-order chi connectivity index (χ1) is 14.9. The Morgan fingerprint density at radius 2 is 1.78 bits per heavy atom. The molecule has 0 aliphatic carbocycles. The SMILES string of the molecule is Cc1ccc(S(=O)(=O)N2C[C@H](CCCO[Si](C)(C)C(C)(C)C)c3c(C=O)cccc32)cc1. The number of aldehydes is 1. The molecule has 2 aromatic carbocycles. The predicted molar refractivity (Wildman–Crippen MR) is 133 cm³/mol. The third-order valence-corrected chi connectivity index (χ3v) is 13.2. The molecule has 0 amide bonds. The van der Waals surface area contributed by atoms with Gasteiger partial charge in [-0.25, -0.2) is 8.42 Å². The van der Waals surface area contributed by atoms with Crippen LogP contribution in [-0.2, 0) is 14.4 Å². The van der Waals surface area contributed by atoms with Gasteiger partial charge < -0.3 is 4.43 Å². The molecular formula is C25H35NO4SSi. The van der Waals surface area contributed by atoms with Gasteiger partial charge in [0.05, 0.1) is 10.6 Å². The van der Waals surface area contributed by atoms with Crippen LogP contribution < -0.4 is 4.31 Å². The maximum atomic E-state index is 13.4. The average Bonchev–Trinajstić information content (AvgIpc) is 3.10. The minimum absolute atomic E-state index is 0.0327. The van der Waals surface area contributed by atoms with Crippen LogP contribution in [0.15, 0.2) is 47.4 Å². The first kappa shape index (κ1) is 24.7. The lowest BCUT2D eigenvalue weighted by Crippen LogP contribution is -2.41. The molecule has 1 aliphatic heterocycles. The second kappa shape index (κ2) is 9.12. The maximum absolute atomic E-state index is 13.4. The Balaban J connectivity index is 1.83. The van der Waals surface area contributed by atoms with E-state index < -0.39 is 18.3 Å². The van der Waals surface area contributed by atoms with Crippen molar-refractivity contribution in [2.24, 2.45) is 0 Å². The van der Waals surface area contributed by atoms with Crippen molar-refractivity contribution < 1.29 is 17.6 Å². The molecule has 1 aliphatic rings. The van der Waals surface area contributed by atoms with E-state index in [4.69, 9.17) is 4.43 Å². The number of aryl methyl sites for hydroxylation is 1. The summed E-state index contributed by atoms with van der Waals surface area (Å²) in [6.45, 7) is 14.0. The molecule has 1 heterocycles. The molecule has 0 saturated carbocycles. The highest BCUT2D eigenvalue weighted by atomic mass is 32.2. The van der Waals surface area contributed by atoms with Crippen LogP contribution in [0, 0.1) is 6.92 Å². The van der Waals surface area contributed by atoms with Gasteiger partial charge in [-0.05, 0) is 61.7 Å². The molecule has 0 N–H and O–H groups in total. The van der Waals surface area contributed by atoms with Gasteiger partial charge in [0, 0.05) is 24.6 Å². The number of fused-ring (bicyclic) bond motifs is 1. The number of nitrogens with zero attached hydrogens (tertiary/aromatic N) is 1. The summed E-state index contributed by atoms with van der Waals surface area (Å²) in [6, 6.07) is 12.2. The Morgan fingerprint density at radius 1 is 1.12 bits per heavy atom. The van der Waals surface area contributed by atoms with E-state index in [0.29, 0.717) is 24.4 Å². The van der Waals surface area contributed by atoms with Crippen molar-refractivity contribution in [3.8, 4) is 0 Å². The predicted octanol–water partition coefficient (Wildman–Crippen LogP) is 5.90. The summed E-state index contributed by atoms with van der Waals surface area (Å²) in [5.74, 6) is -0.0327. The summed E-state index contributed by atoms with van der Waals surface area (Å²) in [5.41, 5.74) is 3.03. The Morgan fingerprint density at radius 3 is 2.38 bits per heavy atom. The van der Waals surface area contributed by atoms with Crippen molar-refractivity contribution in [1.29, 1.82) is 0 Å². The van der Waals surface area contributed by atoms with E-state index in [9.17, 15) is 13.2 Å². The Kier molecular flexibility index (Phi) is 7.03. The molecule has 0 bridgehead atoms. The molecule has 174 valence electrons. The highest BCUT2D eigenvalue weighted by Crippen LogP contribution is 2.43. The smallest absolute Gasteiger partial charge is 0.264 e. The van der Waals surface area contributed by atoms with Gasteiger partial charge in [-0.15, -0.1) is 0 Å². The zero-order valence-electron chi connectivity index (χ0n) is 20.0. The Hall–Kier alpha value is -1.96. The normalized spacial score (nSPS) is 16.8. The highest BCUT2D eigenvalue weighted by Gasteiger charge is 2.39. The lowest BCUT2D eigenvalue weighted by atomic mass is 9.93. The van der Waals surface area contributed by atoms with Crippen LogP contribution in [0.2, 0.25) is 18.1 Å². The van der Waals surface area contributed by atoms with E-state index in [0.717, 1.165) is 30.3 Å². The minimum atomic E-state index is -3.71. The van der Waals surface area contributed by atoms with Gasteiger partial charge in [-0.2, -0.15) is 0 Å². The zero-order chi connectivity index (χ0) is 23.7. The van der Waals surface area contributed by atoms with Gasteiger partial charge in [0.2, 0.25) is 0 Å². The molecule has 1 atom stereocenters. The van der Waals surface area contributed by atoms with Crippen LogP contribution in [0.4, 0.5) is 5.69 Å². The second-order valence-electron chi connectivity index (χ2n) is 10.2. The molecular weight excluding hydrogens is 438 g/mol.